The van der Waals surface area contributed by atoms with Crippen LogP contribution < -0.4 is 5.32 Å². The summed E-state index contributed by atoms with van der Waals surface area (Å²) in [6.45, 7) is 2.43. The van der Waals surface area contributed by atoms with E-state index in [9.17, 15) is 5.11 Å². The highest BCUT2D eigenvalue weighted by Crippen LogP contribution is 2.40. The minimum atomic E-state index is 0.0489. The van der Waals surface area contributed by atoms with Gasteiger partial charge in [-0.15, -0.1) is 0 Å². The maximum absolute atomic E-state index is 10.7. The van der Waals surface area contributed by atoms with Crippen molar-refractivity contribution in [3.05, 3.63) is 132 Å². The van der Waals surface area contributed by atoms with Crippen molar-refractivity contribution < 1.29 is 5.11 Å². The number of phenols is 1. The highest BCUT2D eigenvalue weighted by atomic mass is 127. The first kappa shape index (κ1) is 23.8. The number of rotatable bonds is 7. The summed E-state index contributed by atoms with van der Waals surface area (Å²) in [7, 11) is 0. The molecule has 5 heteroatoms. The Morgan fingerprint density at radius 1 is 0.765 bits per heavy atom. The zero-order valence-electron chi connectivity index (χ0n) is 18.7. The predicted molar refractivity (Wildman–Crippen MR) is 154 cm³/mol. The van der Waals surface area contributed by atoms with Crippen molar-refractivity contribution in [2.24, 2.45) is 0 Å². The molecule has 5 rings (SSSR count). The number of fused-ring (bicyclic) bond motifs is 1. The molecule has 2 atom stereocenters. The van der Waals surface area contributed by atoms with Gasteiger partial charge >= 0.3 is 0 Å². The maximum Gasteiger partial charge on any atom is 0.133 e. The molecule has 34 heavy (non-hydrogen) atoms. The van der Waals surface area contributed by atoms with Gasteiger partial charge in [-0.1, -0.05) is 84.9 Å². The van der Waals surface area contributed by atoms with Crippen molar-refractivity contribution in [2.45, 2.75) is 31.7 Å². The summed E-state index contributed by atoms with van der Waals surface area (Å²) < 4.78 is 2.01. The van der Waals surface area contributed by atoms with Gasteiger partial charge in [0.25, 0.3) is 0 Å². The molecular weight excluding hydrogens is 646 g/mol. The van der Waals surface area contributed by atoms with Gasteiger partial charge in [0.05, 0.1) is 15.7 Å². The Kier molecular flexibility index (Phi) is 7.53. The van der Waals surface area contributed by atoms with Gasteiger partial charge in [-0.05, 0) is 79.6 Å². The molecule has 0 unspecified atom stereocenters. The average Bonchev–Trinajstić information content (AvgIpc) is 3.29. The first-order chi connectivity index (χ1) is 16.6. The second kappa shape index (κ2) is 10.8. The van der Waals surface area contributed by atoms with Crippen LogP contribution in [-0.4, -0.2) is 10.0 Å². The number of hydrogen-bond donors (Lipinski definition) is 2. The Morgan fingerprint density at radius 2 is 1.32 bits per heavy atom. The van der Waals surface area contributed by atoms with Crippen molar-refractivity contribution in [3.63, 3.8) is 0 Å². The van der Waals surface area contributed by atoms with Crippen LogP contribution in [0.3, 0.4) is 0 Å². The lowest BCUT2D eigenvalue weighted by Gasteiger charge is -2.36. The quantitative estimate of drug-likeness (QED) is 0.204. The average molecular weight is 672 g/mol. The monoisotopic (exact) mass is 672 g/mol. The standard InChI is InChI=1S/C29H26I2N2O/c30-25-15-24(29(34)26(31)16-25)17-32-27(20-9-3-1-4-10-20)28(21-11-5-2-6-12-21)33-18-22-13-7-8-14-23(22)19-33/h1-16,27-28,32,34H,17-19H2/t27-,28-/m1/s1. The lowest BCUT2D eigenvalue weighted by molar-refractivity contribution is 0.155. The normalized spacial score (nSPS) is 15.1. The van der Waals surface area contributed by atoms with E-state index in [1.165, 1.54) is 22.3 Å². The van der Waals surface area contributed by atoms with E-state index in [4.69, 9.17) is 0 Å². The van der Waals surface area contributed by atoms with E-state index in [0.717, 1.165) is 25.8 Å². The zero-order chi connectivity index (χ0) is 23.5. The van der Waals surface area contributed by atoms with Gasteiger partial charge in [-0.25, -0.2) is 0 Å². The Bertz CT molecular complexity index is 1240. The fraction of sp³-hybridized carbons (Fsp3) is 0.172. The van der Waals surface area contributed by atoms with Gasteiger partial charge in [-0.2, -0.15) is 0 Å². The van der Waals surface area contributed by atoms with Crippen LogP contribution in [0.2, 0.25) is 0 Å². The van der Waals surface area contributed by atoms with E-state index in [-0.39, 0.29) is 12.1 Å². The zero-order valence-corrected chi connectivity index (χ0v) is 23.0. The molecule has 1 aliphatic heterocycles. The van der Waals surface area contributed by atoms with Gasteiger partial charge < -0.3 is 10.4 Å². The Morgan fingerprint density at radius 3 is 1.94 bits per heavy atom. The molecule has 0 saturated heterocycles. The highest BCUT2D eigenvalue weighted by Gasteiger charge is 2.33. The summed E-state index contributed by atoms with van der Waals surface area (Å²) in [6, 6.07) is 34.5. The number of aromatic hydroxyl groups is 1. The van der Waals surface area contributed by atoms with Crippen molar-refractivity contribution >= 4 is 45.2 Å². The van der Waals surface area contributed by atoms with Gasteiger partial charge in [0.15, 0.2) is 0 Å². The summed E-state index contributed by atoms with van der Waals surface area (Å²) in [6.07, 6.45) is 0. The van der Waals surface area contributed by atoms with Crippen molar-refractivity contribution in [3.8, 4) is 5.75 Å². The lowest BCUT2D eigenvalue weighted by atomic mass is 9.91. The summed E-state index contributed by atoms with van der Waals surface area (Å²) in [5.74, 6) is 0.366. The molecule has 4 aromatic carbocycles. The van der Waals surface area contributed by atoms with E-state index >= 15 is 0 Å². The summed E-state index contributed by atoms with van der Waals surface area (Å²) in [5, 5.41) is 14.6. The van der Waals surface area contributed by atoms with Crippen LogP contribution in [-0.2, 0) is 19.6 Å². The van der Waals surface area contributed by atoms with Gasteiger partial charge in [0.1, 0.15) is 5.75 Å². The molecule has 0 radical (unpaired) electrons. The molecule has 172 valence electrons. The Hall–Kier alpha value is -1.94. The van der Waals surface area contributed by atoms with Gasteiger partial charge in [0, 0.05) is 28.8 Å². The van der Waals surface area contributed by atoms with E-state index in [2.05, 4.69) is 146 Å². The first-order valence-electron chi connectivity index (χ1n) is 11.4. The van der Waals surface area contributed by atoms with Crippen molar-refractivity contribution in [1.29, 1.82) is 0 Å². The van der Waals surface area contributed by atoms with Crippen molar-refractivity contribution in [2.75, 3.05) is 0 Å². The minimum absolute atomic E-state index is 0.0489. The fourth-order valence-electron chi connectivity index (χ4n) is 4.87. The van der Waals surface area contributed by atoms with E-state index in [1.54, 1.807) is 0 Å². The highest BCUT2D eigenvalue weighted by molar-refractivity contribution is 14.1. The van der Waals surface area contributed by atoms with Crippen LogP contribution in [0.15, 0.2) is 97.1 Å². The van der Waals surface area contributed by atoms with E-state index < -0.39 is 0 Å². The summed E-state index contributed by atoms with van der Waals surface area (Å²) in [4.78, 5) is 2.57. The lowest BCUT2D eigenvalue weighted by Crippen LogP contribution is -2.36. The van der Waals surface area contributed by atoms with Crippen molar-refractivity contribution in [1.82, 2.24) is 10.2 Å². The molecule has 0 spiro atoms. The summed E-state index contributed by atoms with van der Waals surface area (Å²) in [5.41, 5.74) is 6.26. The Labute approximate surface area is 228 Å². The second-order valence-electron chi connectivity index (χ2n) is 8.69. The largest absolute Gasteiger partial charge is 0.507 e. The number of benzene rings is 4. The van der Waals surface area contributed by atoms with Crippen LogP contribution in [0, 0.1) is 7.14 Å². The molecule has 0 fully saturated rings. The number of nitrogens with zero attached hydrogens (tertiary/aromatic N) is 1. The first-order valence-corrected chi connectivity index (χ1v) is 13.6. The molecule has 4 aromatic rings. The topological polar surface area (TPSA) is 35.5 Å². The molecule has 1 heterocycles. The maximum atomic E-state index is 10.7. The van der Waals surface area contributed by atoms with Crippen LogP contribution in [0.5, 0.6) is 5.75 Å². The molecule has 2 N–H and O–H groups in total. The van der Waals surface area contributed by atoms with Crippen LogP contribution >= 0.6 is 45.2 Å². The van der Waals surface area contributed by atoms with Gasteiger partial charge in [0.2, 0.25) is 0 Å². The molecule has 0 saturated carbocycles. The second-order valence-corrected chi connectivity index (χ2v) is 11.1. The molecule has 0 bridgehead atoms. The molecular formula is C29H26I2N2O. The molecule has 0 amide bonds. The molecule has 3 nitrogen and oxygen atoms in total. The van der Waals surface area contributed by atoms with Crippen LogP contribution in [0.25, 0.3) is 0 Å². The SMILES string of the molecule is Oc1c(I)cc(I)cc1CN[C@H](c1ccccc1)[C@@H](c1ccccc1)N1Cc2ccccc2C1. The number of phenolic OH excluding ortho intramolecular Hbond substituents is 1. The fourth-order valence-corrected chi connectivity index (χ4v) is 6.83. The number of halogens is 2. The number of hydrogen-bond acceptors (Lipinski definition) is 3. The predicted octanol–water partition coefficient (Wildman–Crippen LogP) is 7.19. The third-order valence-electron chi connectivity index (χ3n) is 6.49. The Balaban J connectivity index is 1.53. The smallest absolute Gasteiger partial charge is 0.133 e. The van der Waals surface area contributed by atoms with Gasteiger partial charge in [-0.3, -0.25) is 4.90 Å². The van der Waals surface area contributed by atoms with Crippen LogP contribution in [0.4, 0.5) is 0 Å². The molecule has 1 aliphatic rings. The van der Waals surface area contributed by atoms with E-state index in [0.29, 0.717) is 12.3 Å². The molecule has 0 aromatic heterocycles. The number of nitrogens with one attached hydrogen (secondary N) is 1. The van der Waals surface area contributed by atoms with Crippen LogP contribution in [0.1, 0.15) is 39.9 Å². The van der Waals surface area contributed by atoms with E-state index in [1.807, 2.05) is 6.07 Å². The third kappa shape index (κ3) is 5.17. The molecule has 0 aliphatic carbocycles. The summed E-state index contributed by atoms with van der Waals surface area (Å²) >= 11 is 4.53. The third-order valence-corrected chi connectivity index (χ3v) is 7.94. The minimum Gasteiger partial charge on any atom is -0.507 e.